The molecule has 180 valence electrons. The van der Waals surface area contributed by atoms with E-state index in [4.69, 9.17) is 23.4 Å². The van der Waals surface area contributed by atoms with Gasteiger partial charge in [-0.2, -0.15) is 13.2 Å². The van der Waals surface area contributed by atoms with Crippen LogP contribution in [0.2, 0.25) is 0 Å². The van der Waals surface area contributed by atoms with Crippen molar-refractivity contribution in [1.29, 1.82) is 0 Å². The molecule has 7 nitrogen and oxygen atoms in total. The summed E-state index contributed by atoms with van der Waals surface area (Å²) in [7, 11) is 2.78. The molecule has 4 aromatic rings. The van der Waals surface area contributed by atoms with Crippen LogP contribution in [-0.2, 0) is 6.18 Å². The first-order chi connectivity index (χ1) is 16.7. The second-order valence-corrected chi connectivity index (χ2v) is 7.12. The lowest BCUT2D eigenvalue weighted by molar-refractivity contribution is -0.154. The number of rotatable bonds is 6. The van der Waals surface area contributed by atoms with Gasteiger partial charge < -0.3 is 23.4 Å². The summed E-state index contributed by atoms with van der Waals surface area (Å²) in [5.74, 6) is -3.01. The van der Waals surface area contributed by atoms with Gasteiger partial charge in [0.2, 0.25) is 11.2 Å². The van der Waals surface area contributed by atoms with Crippen molar-refractivity contribution in [2.24, 2.45) is 0 Å². The number of hydrogen-bond acceptors (Lipinski definition) is 7. The number of hydrogen-bond donors (Lipinski definition) is 0. The molecule has 0 atom stereocenters. The summed E-state index contributed by atoms with van der Waals surface area (Å²) >= 11 is 0. The van der Waals surface area contributed by atoms with Crippen LogP contribution in [0.25, 0.3) is 11.0 Å². The van der Waals surface area contributed by atoms with Gasteiger partial charge in [-0.1, -0.05) is 12.1 Å². The number of halogens is 3. The molecule has 0 saturated carbocycles. The average Bonchev–Trinajstić information content (AvgIpc) is 2.85. The second-order valence-electron chi connectivity index (χ2n) is 7.12. The first kappa shape index (κ1) is 23.7. The fourth-order valence-corrected chi connectivity index (χ4v) is 3.21. The summed E-state index contributed by atoms with van der Waals surface area (Å²) in [6.45, 7) is 0. The first-order valence-electron chi connectivity index (χ1n) is 10.1. The van der Waals surface area contributed by atoms with Gasteiger partial charge in [0.1, 0.15) is 17.1 Å². The maximum absolute atomic E-state index is 13.8. The fourth-order valence-electron chi connectivity index (χ4n) is 3.21. The third-order valence-corrected chi connectivity index (χ3v) is 4.90. The van der Waals surface area contributed by atoms with Crippen LogP contribution in [-0.4, -0.2) is 20.2 Å². The van der Waals surface area contributed by atoms with Crippen LogP contribution in [0.3, 0.4) is 0 Å². The number of esters is 1. The van der Waals surface area contributed by atoms with E-state index >= 15 is 0 Å². The smallest absolute Gasteiger partial charge is 0.453 e. The molecule has 1 heterocycles. The van der Waals surface area contributed by atoms with Crippen molar-refractivity contribution >= 4 is 16.9 Å². The van der Waals surface area contributed by atoms with Crippen LogP contribution < -0.4 is 24.4 Å². The normalized spacial score (nSPS) is 11.2. The lowest BCUT2D eigenvalue weighted by Gasteiger charge is -2.15. The maximum Gasteiger partial charge on any atom is 0.453 e. The van der Waals surface area contributed by atoms with Gasteiger partial charge in [-0.3, -0.25) is 4.79 Å². The van der Waals surface area contributed by atoms with E-state index in [1.165, 1.54) is 56.7 Å². The SMILES string of the molecule is COc1ccc(C(=O)Oc2ccc3c(=O)c(Oc4ccccc4OC)c(C(F)(F)F)oc3c2)cc1. The summed E-state index contributed by atoms with van der Waals surface area (Å²) in [4.78, 5) is 25.4. The van der Waals surface area contributed by atoms with Gasteiger partial charge in [-0.25, -0.2) is 4.79 Å². The number of methoxy groups -OCH3 is 2. The van der Waals surface area contributed by atoms with Crippen molar-refractivity contribution in [3.8, 4) is 28.7 Å². The summed E-state index contributed by atoms with van der Waals surface area (Å²) < 4.78 is 67.1. The summed E-state index contributed by atoms with van der Waals surface area (Å²) in [6, 6.07) is 15.4. The molecule has 0 N–H and O–H groups in total. The molecule has 1 aromatic heterocycles. The standard InChI is InChI=1S/C25H17F3O7/c1-31-15-9-7-14(8-10-15)24(30)33-16-11-12-17-20(13-16)35-23(25(26,27)28)22(21(17)29)34-19-6-4-3-5-18(19)32-2/h3-13H,1-2H3. The van der Waals surface area contributed by atoms with E-state index in [0.717, 1.165) is 6.07 Å². The molecular formula is C25H17F3O7. The van der Waals surface area contributed by atoms with Gasteiger partial charge in [0.05, 0.1) is 25.2 Å². The average molecular weight is 486 g/mol. The number of ether oxygens (including phenoxy) is 4. The Kier molecular flexibility index (Phi) is 6.37. The minimum Gasteiger partial charge on any atom is -0.497 e. The van der Waals surface area contributed by atoms with E-state index in [-0.39, 0.29) is 28.2 Å². The van der Waals surface area contributed by atoms with Crippen molar-refractivity contribution in [2.75, 3.05) is 14.2 Å². The lowest BCUT2D eigenvalue weighted by atomic mass is 10.2. The van der Waals surface area contributed by atoms with Gasteiger partial charge in [0.15, 0.2) is 11.5 Å². The number of alkyl halides is 3. The van der Waals surface area contributed by atoms with Gasteiger partial charge >= 0.3 is 12.1 Å². The van der Waals surface area contributed by atoms with Crippen LogP contribution >= 0.6 is 0 Å². The van der Waals surface area contributed by atoms with E-state index in [0.29, 0.717) is 5.75 Å². The molecule has 0 aliphatic heterocycles. The minimum atomic E-state index is -5.06. The predicted octanol–water partition coefficient (Wildman–Crippen LogP) is 5.84. The summed E-state index contributed by atoms with van der Waals surface area (Å²) in [6.07, 6.45) is -5.06. The zero-order chi connectivity index (χ0) is 25.2. The Labute approximate surface area is 196 Å². The third kappa shape index (κ3) is 4.91. The van der Waals surface area contributed by atoms with Crippen molar-refractivity contribution < 1.29 is 41.3 Å². The van der Waals surface area contributed by atoms with Crippen LogP contribution in [0.1, 0.15) is 16.1 Å². The Hall–Kier alpha value is -4.47. The number of carbonyl (C=O) groups is 1. The van der Waals surface area contributed by atoms with Gasteiger partial charge in [0, 0.05) is 6.07 Å². The third-order valence-electron chi connectivity index (χ3n) is 4.90. The maximum atomic E-state index is 13.8. The topological polar surface area (TPSA) is 84.2 Å². The fraction of sp³-hybridized carbons (Fsp3) is 0.120. The number of para-hydroxylation sites is 2. The largest absolute Gasteiger partial charge is 0.497 e. The summed E-state index contributed by atoms with van der Waals surface area (Å²) in [5, 5.41) is -0.202. The molecule has 0 aliphatic rings. The molecule has 0 bridgehead atoms. The molecule has 0 unspecified atom stereocenters. The highest BCUT2D eigenvalue weighted by atomic mass is 19.4. The first-order valence-corrected chi connectivity index (χ1v) is 10.1. The second kappa shape index (κ2) is 9.41. The van der Waals surface area contributed by atoms with Gasteiger partial charge in [0.25, 0.3) is 5.76 Å². The molecule has 4 rings (SSSR count). The number of carbonyl (C=O) groups excluding carboxylic acids is 1. The van der Waals surface area contributed by atoms with E-state index in [2.05, 4.69) is 0 Å². The number of benzene rings is 3. The Bertz CT molecular complexity index is 1440. The monoisotopic (exact) mass is 486 g/mol. The van der Waals surface area contributed by atoms with Crippen LogP contribution in [0, 0.1) is 0 Å². The van der Waals surface area contributed by atoms with E-state index in [1.807, 2.05) is 0 Å². The van der Waals surface area contributed by atoms with E-state index in [1.54, 1.807) is 18.2 Å². The highest BCUT2D eigenvalue weighted by Gasteiger charge is 2.40. The molecule has 0 aliphatic carbocycles. The van der Waals surface area contributed by atoms with Crippen LogP contribution in [0.15, 0.2) is 75.9 Å². The van der Waals surface area contributed by atoms with Gasteiger partial charge in [-0.15, -0.1) is 0 Å². The molecule has 10 heteroatoms. The molecular weight excluding hydrogens is 469 g/mol. The Morgan fingerprint density at radius 2 is 1.51 bits per heavy atom. The quantitative estimate of drug-likeness (QED) is 0.250. The molecule has 3 aromatic carbocycles. The Morgan fingerprint density at radius 1 is 0.857 bits per heavy atom. The molecule has 0 radical (unpaired) electrons. The van der Waals surface area contributed by atoms with Crippen molar-refractivity contribution in [3.63, 3.8) is 0 Å². The zero-order valence-electron chi connectivity index (χ0n) is 18.3. The van der Waals surface area contributed by atoms with Crippen molar-refractivity contribution in [1.82, 2.24) is 0 Å². The van der Waals surface area contributed by atoms with E-state index in [9.17, 15) is 22.8 Å². The van der Waals surface area contributed by atoms with Crippen LogP contribution in [0.5, 0.6) is 28.7 Å². The highest BCUT2D eigenvalue weighted by molar-refractivity contribution is 5.91. The molecule has 0 fully saturated rings. The summed E-state index contributed by atoms with van der Waals surface area (Å²) in [5.41, 5.74) is -1.31. The van der Waals surface area contributed by atoms with Gasteiger partial charge in [-0.05, 0) is 48.5 Å². The zero-order valence-corrected chi connectivity index (χ0v) is 18.3. The van der Waals surface area contributed by atoms with Crippen LogP contribution in [0.4, 0.5) is 13.2 Å². The number of fused-ring (bicyclic) bond motifs is 1. The van der Waals surface area contributed by atoms with Crippen molar-refractivity contribution in [3.05, 3.63) is 88.3 Å². The van der Waals surface area contributed by atoms with E-state index < -0.39 is 34.7 Å². The molecule has 0 spiro atoms. The highest BCUT2D eigenvalue weighted by Crippen LogP contribution is 2.40. The Balaban J connectivity index is 1.74. The van der Waals surface area contributed by atoms with Crippen molar-refractivity contribution in [2.45, 2.75) is 6.18 Å². The molecule has 0 amide bonds. The minimum absolute atomic E-state index is 0.0998. The predicted molar refractivity (Wildman–Crippen MR) is 119 cm³/mol. The lowest BCUT2D eigenvalue weighted by Crippen LogP contribution is -2.16. The molecule has 35 heavy (non-hydrogen) atoms. The molecule has 0 saturated heterocycles. The Morgan fingerprint density at radius 3 is 2.14 bits per heavy atom.